The number of hydrogen-bond donors (Lipinski definition) is 2. The van der Waals surface area contributed by atoms with E-state index >= 15 is 0 Å². The molecule has 0 spiro atoms. The molecule has 0 unspecified atom stereocenters. The fourth-order valence-corrected chi connectivity index (χ4v) is 3.14. The van der Waals surface area contributed by atoms with Gasteiger partial charge in [-0.15, -0.1) is 6.58 Å². The zero-order valence-corrected chi connectivity index (χ0v) is 16.2. The van der Waals surface area contributed by atoms with E-state index in [1.54, 1.807) is 11.0 Å². The lowest BCUT2D eigenvalue weighted by Gasteiger charge is -2.31. The van der Waals surface area contributed by atoms with E-state index in [0.29, 0.717) is 32.2 Å². The quantitative estimate of drug-likeness (QED) is 0.711. The van der Waals surface area contributed by atoms with E-state index in [1.165, 1.54) is 0 Å². The van der Waals surface area contributed by atoms with Crippen molar-refractivity contribution in [2.45, 2.75) is 25.8 Å². The topological polar surface area (TPSA) is 79.4 Å². The second-order valence-electron chi connectivity index (χ2n) is 6.60. The van der Waals surface area contributed by atoms with Crippen molar-refractivity contribution in [3.05, 3.63) is 49.1 Å². The molecule has 28 heavy (non-hydrogen) atoms. The van der Waals surface area contributed by atoms with Gasteiger partial charge in [0.2, 0.25) is 5.95 Å². The van der Waals surface area contributed by atoms with Crippen LogP contribution in [0.5, 0.6) is 0 Å². The van der Waals surface area contributed by atoms with Gasteiger partial charge in [-0.25, -0.2) is 9.78 Å². The predicted octanol–water partition coefficient (Wildman–Crippen LogP) is 3.77. The van der Waals surface area contributed by atoms with Gasteiger partial charge in [-0.1, -0.05) is 36.4 Å². The van der Waals surface area contributed by atoms with Crippen molar-refractivity contribution in [3.63, 3.8) is 0 Å². The average Bonchev–Trinajstić information content (AvgIpc) is 2.73. The van der Waals surface area contributed by atoms with Crippen LogP contribution >= 0.6 is 0 Å². The van der Waals surface area contributed by atoms with Crippen LogP contribution in [-0.4, -0.2) is 53.2 Å². The van der Waals surface area contributed by atoms with Gasteiger partial charge in [-0.05, 0) is 19.8 Å². The Morgan fingerprint density at radius 2 is 2.04 bits per heavy atom. The molecule has 0 saturated carbocycles. The summed E-state index contributed by atoms with van der Waals surface area (Å²) in [5.74, 6) is 1.34. The van der Waals surface area contributed by atoms with E-state index in [4.69, 9.17) is 9.72 Å². The summed E-state index contributed by atoms with van der Waals surface area (Å²) >= 11 is 0. The van der Waals surface area contributed by atoms with E-state index in [-0.39, 0.29) is 12.1 Å². The van der Waals surface area contributed by atoms with Gasteiger partial charge < -0.3 is 20.3 Å². The molecule has 2 heterocycles. The summed E-state index contributed by atoms with van der Waals surface area (Å²) in [4.78, 5) is 22.9. The molecule has 1 fully saturated rings. The van der Waals surface area contributed by atoms with Gasteiger partial charge in [0, 0.05) is 37.3 Å². The number of anilines is 2. The van der Waals surface area contributed by atoms with Gasteiger partial charge in [0.25, 0.3) is 0 Å². The lowest BCUT2D eigenvalue weighted by atomic mass is 10.1. The molecule has 1 aromatic heterocycles. The second kappa shape index (κ2) is 9.73. The molecule has 0 aliphatic carbocycles. The first kappa shape index (κ1) is 19.7. The number of nitrogens with one attached hydrogen (secondary N) is 2. The predicted molar refractivity (Wildman–Crippen MR) is 111 cm³/mol. The number of ether oxygens (including phenoxy) is 1. The van der Waals surface area contributed by atoms with E-state index in [2.05, 4.69) is 22.2 Å². The number of rotatable bonds is 7. The molecule has 7 heteroatoms. The summed E-state index contributed by atoms with van der Waals surface area (Å²) in [6, 6.07) is 12.2. The van der Waals surface area contributed by atoms with Crippen LogP contribution in [0.15, 0.2) is 49.1 Å². The fourth-order valence-electron chi connectivity index (χ4n) is 3.14. The molecule has 1 saturated heterocycles. The van der Waals surface area contributed by atoms with Crippen LogP contribution in [0.3, 0.4) is 0 Å². The Labute approximate surface area is 165 Å². The number of likely N-dealkylation sites (tertiary alicyclic amines) is 1. The summed E-state index contributed by atoms with van der Waals surface area (Å²) in [5, 5.41) is 6.67. The summed E-state index contributed by atoms with van der Waals surface area (Å²) < 4.78 is 5.08. The molecular weight excluding hydrogens is 354 g/mol. The van der Waals surface area contributed by atoms with Crippen molar-refractivity contribution in [1.29, 1.82) is 0 Å². The lowest BCUT2D eigenvalue weighted by molar-refractivity contribution is 0.0983. The molecule has 1 aliphatic heterocycles. The highest BCUT2D eigenvalue weighted by Crippen LogP contribution is 2.23. The zero-order valence-electron chi connectivity index (χ0n) is 16.2. The molecule has 1 amide bonds. The van der Waals surface area contributed by atoms with Crippen molar-refractivity contribution in [2.24, 2.45) is 0 Å². The molecule has 0 atom stereocenters. The Bertz CT molecular complexity index is 789. The number of piperidine rings is 1. The van der Waals surface area contributed by atoms with Crippen LogP contribution in [0.1, 0.15) is 19.8 Å². The Hall–Kier alpha value is -3.09. The molecule has 3 rings (SSSR count). The van der Waals surface area contributed by atoms with Gasteiger partial charge in [0.15, 0.2) is 0 Å². The van der Waals surface area contributed by atoms with Gasteiger partial charge in [0.05, 0.1) is 12.3 Å². The summed E-state index contributed by atoms with van der Waals surface area (Å²) in [6.45, 7) is 7.92. The number of hydrogen-bond acceptors (Lipinski definition) is 6. The average molecular weight is 381 g/mol. The van der Waals surface area contributed by atoms with Crippen molar-refractivity contribution >= 4 is 17.9 Å². The highest BCUT2D eigenvalue weighted by Gasteiger charge is 2.24. The molecular formula is C21H27N5O2. The molecule has 1 aromatic carbocycles. The van der Waals surface area contributed by atoms with Crippen LogP contribution < -0.4 is 10.6 Å². The minimum atomic E-state index is -0.237. The van der Waals surface area contributed by atoms with Crippen LogP contribution in [0, 0.1) is 0 Å². The third-order valence-electron chi connectivity index (χ3n) is 4.58. The Morgan fingerprint density at radius 1 is 1.29 bits per heavy atom. The first-order valence-electron chi connectivity index (χ1n) is 9.67. The molecule has 1 aliphatic rings. The van der Waals surface area contributed by atoms with Gasteiger partial charge in [-0.2, -0.15) is 4.98 Å². The molecule has 2 aromatic rings. The minimum absolute atomic E-state index is 0.212. The van der Waals surface area contributed by atoms with Crippen LogP contribution in [0.25, 0.3) is 11.3 Å². The normalized spacial score (nSPS) is 14.4. The first-order chi connectivity index (χ1) is 13.7. The van der Waals surface area contributed by atoms with Crippen LogP contribution in [-0.2, 0) is 4.74 Å². The van der Waals surface area contributed by atoms with Crippen LogP contribution in [0.2, 0.25) is 0 Å². The SMILES string of the molecule is C=CCNc1cc(-c2ccccc2)nc(NC2CCN(C(=O)OCC)CC2)n1. The van der Waals surface area contributed by atoms with Crippen molar-refractivity contribution < 1.29 is 9.53 Å². The Balaban J connectivity index is 1.71. The number of carbonyl (C=O) groups is 1. The third-order valence-corrected chi connectivity index (χ3v) is 4.58. The highest BCUT2D eigenvalue weighted by atomic mass is 16.6. The summed E-state index contributed by atoms with van der Waals surface area (Å²) in [7, 11) is 0. The van der Waals surface area contributed by atoms with E-state index < -0.39 is 0 Å². The van der Waals surface area contributed by atoms with E-state index in [9.17, 15) is 4.79 Å². The maximum absolute atomic E-state index is 11.9. The number of aromatic nitrogens is 2. The van der Waals surface area contributed by atoms with Gasteiger partial charge in [-0.3, -0.25) is 0 Å². The fraction of sp³-hybridized carbons (Fsp3) is 0.381. The minimum Gasteiger partial charge on any atom is -0.450 e. The van der Waals surface area contributed by atoms with E-state index in [0.717, 1.165) is 29.9 Å². The molecule has 7 nitrogen and oxygen atoms in total. The molecule has 148 valence electrons. The number of amides is 1. The molecule has 0 bridgehead atoms. The highest BCUT2D eigenvalue weighted by molar-refractivity contribution is 5.67. The number of nitrogens with zero attached hydrogens (tertiary/aromatic N) is 3. The maximum atomic E-state index is 11.9. The summed E-state index contributed by atoms with van der Waals surface area (Å²) in [6.07, 6.45) is 3.21. The largest absolute Gasteiger partial charge is 0.450 e. The van der Waals surface area contributed by atoms with Gasteiger partial charge >= 0.3 is 6.09 Å². The lowest BCUT2D eigenvalue weighted by Crippen LogP contribution is -2.42. The van der Waals surface area contributed by atoms with E-state index in [1.807, 2.05) is 43.3 Å². The zero-order chi connectivity index (χ0) is 19.8. The third kappa shape index (κ3) is 5.22. The maximum Gasteiger partial charge on any atom is 0.409 e. The second-order valence-corrected chi connectivity index (χ2v) is 6.60. The van der Waals surface area contributed by atoms with Crippen molar-refractivity contribution in [3.8, 4) is 11.3 Å². The summed E-state index contributed by atoms with van der Waals surface area (Å²) in [5.41, 5.74) is 1.89. The molecule has 0 radical (unpaired) electrons. The van der Waals surface area contributed by atoms with Gasteiger partial charge in [0.1, 0.15) is 5.82 Å². The van der Waals surface area contributed by atoms with Crippen molar-refractivity contribution in [1.82, 2.24) is 14.9 Å². The number of carbonyl (C=O) groups excluding carboxylic acids is 1. The Morgan fingerprint density at radius 3 is 2.71 bits per heavy atom. The number of benzene rings is 1. The van der Waals surface area contributed by atoms with Crippen LogP contribution in [0.4, 0.5) is 16.6 Å². The Kier molecular flexibility index (Phi) is 6.84. The first-order valence-corrected chi connectivity index (χ1v) is 9.67. The monoisotopic (exact) mass is 381 g/mol. The smallest absolute Gasteiger partial charge is 0.409 e. The van der Waals surface area contributed by atoms with Crippen molar-refractivity contribution in [2.75, 3.05) is 36.9 Å². The standard InChI is InChI=1S/C21H27N5O2/c1-3-12-22-19-15-18(16-8-6-5-7-9-16)24-20(25-19)23-17-10-13-26(14-11-17)21(27)28-4-2/h3,5-9,15,17H,1,4,10-14H2,2H3,(H2,22,23,24,25). The molecule has 2 N–H and O–H groups in total.